The second-order valence-corrected chi connectivity index (χ2v) is 7.81. The standard InChI is InChI=1S/C24H28N2O6/c1-2-7-21(23(29)30)26-22(28)12-15(27)13-25-24(31)32-14-20-18-10-5-3-8-16(18)17-9-4-6-11-19(17)20/h3-6,8-11,15,20-21,27H,2,7,12-14H2,1H3,(H,25,31)(H,26,28)(H,29,30)/t15?,21-/m1/s1. The number of aliphatic hydroxyl groups is 1. The van der Waals surface area contributed by atoms with Crippen LogP contribution in [0.5, 0.6) is 0 Å². The van der Waals surface area contributed by atoms with Gasteiger partial charge in [-0.2, -0.15) is 0 Å². The Hall–Kier alpha value is -3.39. The highest BCUT2D eigenvalue weighted by atomic mass is 16.5. The van der Waals surface area contributed by atoms with E-state index in [1.807, 2.05) is 55.5 Å². The van der Waals surface area contributed by atoms with E-state index in [1.165, 1.54) is 0 Å². The van der Waals surface area contributed by atoms with Gasteiger partial charge in [0.2, 0.25) is 5.91 Å². The number of aliphatic carboxylic acids is 1. The maximum Gasteiger partial charge on any atom is 0.407 e. The molecule has 8 nitrogen and oxygen atoms in total. The van der Waals surface area contributed by atoms with Crippen LogP contribution in [0.15, 0.2) is 48.5 Å². The zero-order valence-corrected chi connectivity index (χ0v) is 17.9. The van der Waals surface area contributed by atoms with Crippen molar-refractivity contribution in [3.8, 4) is 11.1 Å². The van der Waals surface area contributed by atoms with Gasteiger partial charge in [-0.3, -0.25) is 4.79 Å². The number of alkyl carbamates (subject to hydrolysis) is 1. The average Bonchev–Trinajstić information content (AvgIpc) is 3.09. The predicted octanol–water partition coefficient (Wildman–Crippen LogP) is 2.65. The maximum absolute atomic E-state index is 12.1. The van der Waals surface area contributed by atoms with Gasteiger partial charge in [0.25, 0.3) is 0 Å². The molecular weight excluding hydrogens is 412 g/mol. The van der Waals surface area contributed by atoms with Gasteiger partial charge < -0.3 is 25.6 Å². The van der Waals surface area contributed by atoms with Crippen LogP contribution in [0.25, 0.3) is 11.1 Å². The molecule has 4 N–H and O–H groups in total. The third kappa shape index (κ3) is 5.64. The van der Waals surface area contributed by atoms with Crippen LogP contribution in [0.2, 0.25) is 0 Å². The van der Waals surface area contributed by atoms with Gasteiger partial charge in [-0.1, -0.05) is 61.9 Å². The lowest BCUT2D eigenvalue weighted by Crippen LogP contribution is -2.43. The van der Waals surface area contributed by atoms with Crippen molar-refractivity contribution in [2.24, 2.45) is 0 Å². The Labute approximate surface area is 186 Å². The molecule has 170 valence electrons. The quantitative estimate of drug-likeness (QED) is 0.450. The van der Waals surface area contributed by atoms with E-state index in [0.717, 1.165) is 22.3 Å². The average molecular weight is 440 g/mol. The lowest BCUT2D eigenvalue weighted by molar-refractivity contribution is -0.142. The SMILES string of the molecule is CCC[C@@H](NC(=O)CC(O)CNC(=O)OCC1c2ccccc2-c2ccccc21)C(=O)O. The van der Waals surface area contributed by atoms with Gasteiger partial charge in [0.05, 0.1) is 12.5 Å². The molecule has 0 saturated heterocycles. The number of rotatable bonds is 10. The van der Waals surface area contributed by atoms with Crippen molar-refractivity contribution in [1.82, 2.24) is 10.6 Å². The van der Waals surface area contributed by atoms with E-state index in [-0.39, 0.29) is 25.5 Å². The summed E-state index contributed by atoms with van der Waals surface area (Å²) in [4.78, 5) is 35.2. The topological polar surface area (TPSA) is 125 Å². The minimum Gasteiger partial charge on any atom is -0.480 e. The zero-order chi connectivity index (χ0) is 23.1. The number of benzene rings is 2. The summed E-state index contributed by atoms with van der Waals surface area (Å²) in [5, 5.41) is 23.9. The summed E-state index contributed by atoms with van der Waals surface area (Å²) < 4.78 is 5.38. The summed E-state index contributed by atoms with van der Waals surface area (Å²) in [6, 6.07) is 15.0. The lowest BCUT2D eigenvalue weighted by Gasteiger charge is -2.17. The van der Waals surface area contributed by atoms with Crippen molar-refractivity contribution >= 4 is 18.0 Å². The van der Waals surface area contributed by atoms with Crippen molar-refractivity contribution in [3.63, 3.8) is 0 Å². The second-order valence-electron chi connectivity index (χ2n) is 7.81. The van der Waals surface area contributed by atoms with Crippen molar-refractivity contribution in [2.75, 3.05) is 13.2 Å². The molecule has 0 saturated carbocycles. The van der Waals surface area contributed by atoms with E-state index in [0.29, 0.717) is 12.8 Å². The molecule has 0 fully saturated rings. The van der Waals surface area contributed by atoms with Crippen LogP contribution in [0.3, 0.4) is 0 Å². The van der Waals surface area contributed by atoms with Gasteiger partial charge in [-0.25, -0.2) is 9.59 Å². The molecule has 0 radical (unpaired) electrons. The van der Waals surface area contributed by atoms with Gasteiger partial charge in [0.15, 0.2) is 0 Å². The molecule has 0 aromatic heterocycles. The molecule has 2 aromatic carbocycles. The van der Waals surface area contributed by atoms with Crippen LogP contribution in [0.1, 0.15) is 43.2 Å². The first-order valence-electron chi connectivity index (χ1n) is 10.7. The molecule has 0 heterocycles. The Balaban J connectivity index is 1.47. The zero-order valence-electron chi connectivity index (χ0n) is 17.9. The number of aliphatic hydroxyl groups excluding tert-OH is 1. The van der Waals surface area contributed by atoms with Crippen molar-refractivity contribution in [2.45, 2.75) is 44.2 Å². The van der Waals surface area contributed by atoms with Crippen molar-refractivity contribution in [3.05, 3.63) is 59.7 Å². The third-order valence-corrected chi connectivity index (χ3v) is 5.46. The van der Waals surface area contributed by atoms with Gasteiger partial charge in [0, 0.05) is 12.5 Å². The van der Waals surface area contributed by atoms with Crippen LogP contribution in [-0.2, 0) is 14.3 Å². The second kappa shape index (κ2) is 10.8. The molecule has 3 rings (SSSR count). The normalized spacial score (nSPS) is 14.1. The van der Waals surface area contributed by atoms with E-state index < -0.39 is 30.1 Å². The monoisotopic (exact) mass is 440 g/mol. The Morgan fingerprint density at radius 2 is 1.62 bits per heavy atom. The van der Waals surface area contributed by atoms with Crippen LogP contribution >= 0.6 is 0 Å². The van der Waals surface area contributed by atoms with Crippen LogP contribution in [0, 0.1) is 0 Å². The first-order chi connectivity index (χ1) is 15.4. The highest BCUT2D eigenvalue weighted by Crippen LogP contribution is 2.44. The van der Waals surface area contributed by atoms with Crippen molar-refractivity contribution < 1.29 is 29.3 Å². The summed E-state index contributed by atoms with van der Waals surface area (Å²) in [5.74, 6) is -1.78. The number of hydrogen-bond donors (Lipinski definition) is 4. The summed E-state index contributed by atoms with van der Waals surface area (Å²) in [6.07, 6.45) is -1.28. The first kappa shape index (κ1) is 23.3. The largest absolute Gasteiger partial charge is 0.480 e. The fourth-order valence-electron chi connectivity index (χ4n) is 3.94. The molecule has 8 heteroatoms. The van der Waals surface area contributed by atoms with E-state index in [4.69, 9.17) is 9.84 Å². The highest BCUT2D eigenvalue weighted by molar-refractivity contribution is 5.83. The smallest absolute Gasteiger partial charge is 0.407 e. The Kier molecular flexibility index (Phi) is 7.83. The summed E-state index contributed by atoms with van der Waals surface area (Å²) in [5.41, 5.74) is 4.44. The van der Waals surface area contributed by atoms with E-state index in [2.05, 4.69) is 10.6 Å². The van der Waals surface area contributed by atoms with Crippen LogP contribution in [0.4, 0.5) is 4.79 Å². The van der Waals surface area contributed by atoms with E-state index in [9.17, 15) is 19.5 Å². The van der Waals surface area contributed by atoms with Gasteiger partial charge in [0.1, 0.15) is 12.6 Å². The number of hydrogen-bond acceptors (Lipinski definition) is 5. The molecular formula is C24H28N2O6. The summed E-state index contributed by atoms with van der Waals surface area (Å²) in [6.45, 7) is 1.78. The molecule has 0 spiro atoms. The summed E-state index contributed by atoms with van der Waals surface area (Å²) in [7, 11) is 0. The number of carboxylic acids is 1. The minimum absolute atomic E-state index is 0.0737. The number of nitrogens with one attached hydrogen (secondary N) is 2. The van der Waals surface area contributed by atoms with E-state index >= 15 is 0 Å². The molecule has 2 aromatic rings. The fraction of sp³-hybridized carbons (Fsp3) is 0.375. The number of ether oxygens (including phenoxy) is 1. The third-order valence-electron chi connectivity index (χ3n) is 5.46. The first-order valence-corrected chi connectivity index (χ1v) is 10.7. The highest BCUT2D eigenvalue weighted by Gasteiger charge is 2.29. The maximum atomic E-state index is 12.1. The molecule has 1 unspecified atom stereocenters. The van der Waals surface area contributed by atoms with Crippen LogP contribution in [-0.4, -0.2) is 53.5 Å². The molecule has 2 atom stereocenters. The Morgan fingerprint density at radius 3 is 2.19 bits per heavy atom. The lowest BCUT2D eigenvalue weighted by atomic mass is 9.98. The number of fused-ring (bicyclic) bond motifs is 3. The predicted molar refractivity (Wildman–Crippen MR) is 118 cm³/mol. The van der Waals surface area contributed by atoms with Gasteiger partial charge in [-0.15, -0.1) is 0 Å². The molecule has 0 aliphatic heterocycles. The number of carboxylic acid groups (broad SMARTS) is 1. The van der Waals surface area contributed by atoms with Gasteiger partial charge in [-0.05, 0) is 28.7 Å². The van der Waals surface area contributed by atoms with Crippen molar-refractivity contribution in [1.29, 1.82) is 0 Å². The van der Waals surface area contributed by atoms with Crippen LogP contribution < -0.4 is 10.6 Å². The molecule has 0 bridgehead atoms. The Morgan fingerprint density at radius 1 is 1.03 bits per heavy atom. The number of carbonyl (C=O) groups is 3. The molecule has 1 aliphatic rings. The fourth-order valence-corrected chi connectivity index (χ4v) is 3.94. The van der Waals surface area contributed by atoms with Gasteiger partial charge >= 0.3 is 12.1 Å². The summed E-state index contributed by atoms with van der Waals surface area (Å²) >= 11 is 0. The number of carbonyl (C=O) groups excluding carboxylic acids is 2. The molecule has 1 aliphatic carbocycles. The van der Waals surface area contributed by atoms with E-state index in [1.54, 1.807) is 0 Å². The minimum atomic E-state index is -1.16. The Bertz CT molecular complexity index is 931. The molecule has 2 amide bonds. The molecule has 32 heavy (non-hydrogen) atoms. The number of amides is 2.